The van der Waals surface area contributed by atoms with Crippen LogP contribution >= 0.6 is 12.4 Å². The molecular formula is C33H33ClN8O7. The van der Waals surface area contributed by atoms with Crippen LogP contribution in [0.25, 0.3) is 5.78 Å². The Morgan fingerprint density at radius 3 is 2.55 bits per heavy atom. The number of halogens is 1. The van der Waals surface area contributed by atoms with Crippen LogP contribution < -0.4 is 32.5 Å². The normalized spacial score (nSPS) is 14.7. The molecule has 254 valence electrons. The Hall–Kier alpha value is -5.67. The molecule has 0 saturated heterocycles. The van der Waals surface area contributed by atoms with E-state index in [1.807, 2.05) is 24.0 Å². The van der Waals surface area contributed by atoms with E-state index in [1.54, 1.807) is 6.07 Å². The van der Waals surface area contributed by atoms with E-state index in [2.05, 4.69) is 32.5 Å². The van der Waals surface area contributed by atoms with E-state index in [0.717, 1.165) is 34.2 Å². The molecule has 0 unspecified atom stereocenters. The number of anilines is 2. The van der Waals surface area contributed by atoms with E-state index < -0.39 is 28.7 Å². The van der Waals surface area contributed by atoms with Gasteiger partial charge in [0.15, 0.2) is 5.69 Å². The standard InChI is InChI=1S/C19H17N5O5.C14H15N3O2.ClH/c1-9-10-5-6-13(12(10)4-3-11(9)18(28)29-2)22-16(25)15-7-14(17(26)27)23-19-20-8-21-24(15)19;15-6-8-1-2-9-3-4-17(7-10(9)5-8)12-11(16)13(18)14(12)19;/h3-4,7-8,13H,5-6H2,1-2H3,(H,22,25)(H,26,27);1-2,5H,3-4,6-7,15-16H2;1H/t13-;;/m0../s1. The van der Waals surface area contributed by atoms with Gasteiger partial charge >= 0.3 is 11.9 Å². The average molecular weight is 689 g/mol. The molecule has 1 atom stereocenters. The van der Waals surface area contributed by atoms with Gasteiger partial charge in [0.05, 0.1) is 18.7 Å². The molecule has 0 radical (unpaired) electrons. The molecule has 2 aliphatic rings. The number of nitrogen functional groups attached to an aromatic ring is 1. The van der Waals surface area contributed by atoms with Gasteiger partial charge in [0.2, 0.25) is 0 Å². The molecule has 0 spiro atoms. The van der Waals surface area contributed by atoms with Crippen molar-refractivity contribution < 1.29 is 24.2 Å². The van der Waals surface area contributed by atoms with Crippen molar-refractivity contribution in [1.29, 1.82) is 0 Å². The number of nitrogens with zero attached hydrogens (tertiary/aromatic N) is 5. The molecule has 5 aromatic rings. The molecule has 1 aliphatic heterocycles. The monoisotopic (exact) mass is 688 g/mol. The van der Waals surface area contributed by atoms with Crippen LogP contribution in [0.5, 0.6) is 0 Å². The Kier molecular flexibility index (Phi) is 9.78. The van der Waals surface area contributed by atoms with Crippen molar-refractivity contribution in [2.75, 3.05) is 24.3 Å². The van der Waals surface area contributed by atoms with Gasteiger partial charge in [0.25, 0.3) is 22.5 Å². The maximum absolute atomic E-state index is 12.9. The number of aromatic carboxylic acids is 1. The lowest BCUT2D eigenvalue weighted by Crippen LogP contribution is -2.44. The summed E-state index contributed by atoms with van der Waals surface area (Å²) in [6.07, 6.45) is 3.40. The molecule has 16 heteroatoms. The number of carboxylic acid groups (broad SMARTS) is 1. The number of carboxylic acids is 1. The van der Waals surface area contributed by atoms with E-state index in [0.29, 0.717) is 43.7 Å². The summed E-state index contributed by atoms with van der Waals surface area (Å²) in [6.45, 7) is 3.67. The number of fused-ring (bicyclic) bond motifs is 3. The van der Waals surface area contributed by atoms with Gasteiger partial charge in [-0.05, 0) is 65.6 Å². The van der Waals surface area contributed by atoms with Crippen molar-refractivity contribution in [3.05, 3.63) is 114 Å². The molecule has 0 bridgehead atoms. The van der Waals surface area contributed by atoms with Gasteiger partial charge in [-0.15, -0.1) is 12.4 Å². The predicted molar refractivity (Wildman–Crippen MR) is 181 cm³/mol. The third-order valence-electron chi connectivity index (χ3n) is 8.86. The number of amides is 1. The lowest BCUT2D eigenvalue weighted by atomic mass is 9.96. The van der Waals surface area contributed by atoms with Crippen molar-refractivity contribution in [3.63, 3.8) is 0 Å². The van der Waals surface area contributed by atoms with Gasteiger partial charge in [-0.1, -0.05) is 24.3 Å². The number of nitrogens with two attached hydrogens (primary N) is 2. The summed E-state index contributed by atoms with van der Waals surface area (Å²) >= 11 is 0. The first-order valence-electron chi connectivity index (χ1n) is 15.1. The number of esters is 1. The molecule has 0 fully saturated rings. The Balaban J connectivity index is 0.000000203. The van der Waals surface area contributed by atoms with Crippen LogP contribution in [0.3, 0.4) is 0 Å². The third-order valence-corrected chi connectivity index (χ3v) is 8.86. The van der Waals surface area contributed by atoms with Crippen molar-refractivity contribution >= 4 is 47.4 Å². The number of benzene rings is 2. The van der Waals surface area contributed by atoms with E-state index in [4.69, 9.17) is 16.2 Å². The molecule has 1 aliphatic carbocycles. The van der Waals surface area contributed by atoms with Crippen LogP contribution in [0.15, 0.2) is 52.3 Å². The lowest BCUT2D eigenvalue weighted by molar-refractivity contribution is 0.0598. The highest BCUT2D eigenvalue weighted by atomic mass is 35.5. The van der Waals surface area contributed by atoms with Gasteiger partial charge < -0.3 is 31.5 Å². The number of carbonyl (C=O) groups excluding carboxylic acids is 2. The fourth-order valence-electron chi connectivity index (χ4n) is 6.32. The minimum absolute atomic E-state index is 0. The minimum Gasteiger partial charge on any atom is -0.477 e. The zero-order valence-electron chi connectivity index (χ0n) is 26.6. The quantitative estimate of drug-likeness (QED) is 0.147. The SMILES string of the molecule is COC(=O)c1ccc2c(c1C)CC[C@@H]2NC(=O)c1cc(C(=O)O)nc2ncnn12.Cl.NCc1ccc2c(c1)CN(c1c(N)c(=O)c1=O)CC2. The van der Waals surface area contributed by atoms with Crippen LogP contribution in [-0.4, -0.2) is 56.2 Å². The zero-order chi connectivity index (χ0) is 34.3. The summed E-state index contributed by atoms with van der Waals surface area (Å²) in [7, 11) is 1.34. The number of nitrogens with one attached hydrogen (secondary N) is 1. The summed E-state index contributed by atoms with van der Waals surface area (Å²) in [5.74, 6) is -2.12. The number of methoxy groups -OCH3 is 1. The number of hydrogen-bond acceptors (Lipinski definition) is 12. The first-order valence-corrected chi connectivity index (χ1v) is 15.1. The van der Waals surface area contributed by atoms with Gasteiger partial charge in [-0.3, -0.25) is 14.4 Å². The molecular weight excluding hydrogens is 656 g/mol. The van der Waals surface area contributed by atoms with Crippen LogP contribution in [0.2, 0.25) is 0 Å². The van der Waals surface area contributed by atoms with Crippen LogP contribution in [-0.2, 0) is 30.7 Å². The highest BCUT2D eigenvalue weighted by Gasteiger charge is 2.29. The van der Waals surface area contributed by atoms with E-state index in [1.165, 1.54) is 29.6 Å². The number of ether oxygens (including phenoxy) is 1. The van der Waals surface area contributed by atoms with E-state index in [9.17, 15) is 29.1 Å². The van der Waals surface area contributed by atoms with E-state index in [-0.39, 0.29) is 41.3 Å². The average Bonchev–Trinajstić information content (AvgIpc) is 3.75. The Morgan fingerprint density at radius 1 is 1.08 bits per heavy atom. The molecule has 6 N–H and O–H groups in total. The van der Waals surface area contributed by atoms with Crippen LogP contribution in [0, 0.1) is 6.92 Å². The van der Waals surface area contributed by atoms with Crippen LogP contribution in [0.1, 0.15) is 77.2 Å². The smallest absolute Gasteiger partial charge is 0.354 e. The fraction of sp³-hybridized carbons (Fsp3) is 0.273. The molecule has 0 saturated carbocycles. The number of rotatable bonds is 6. The minimum atomic E-state index is -1.26. The maximum Gasteiger partial charge on any atom is 0.354 e. The molecule has 3 aromatic carbocycles. The second kappa shape index (κ2) is 13.8. The van der Waals surface area contributed by atoms with E-state index >= 15 is 0 Å². The summed E-state index contributed by atoms with van der Waals surface area (Å²) < 4.78 is 6.01. The zero-order valence-corrected chi connectivity index (χ0v) is 27.4. The molecule has 7 rings (SSSR count). The van der Waals surface area contributed by atoms with Crippen molar-refractivity contribution in [2.24, 2.45) is 5.73 Å². The van der Waals surface area contributed by atoms with Gasteiger partial charge in [0.1, 0.15) is 23.4 Å². The topological polar surface area (TPSA) is 225 Å². The van der Waals surface area contributed by atoms with Gasteiger partial charge in [-0.25, -0.2) is 14.6 Å². The van der Waals surface area contributed by atoms with Gasteiger partial charge in [-0.2, -0.15) is 14.6 Å². The predicted octanol–water partition coefficient (Wildman–Crippen LogP) is 1.64. The largest absolute Gasteiger partial charge is 0.477 e. The number of carbonyl (C=O) groups is 3. The second-order valence-electron chi connectivity index (χ2n) is 11.6. The van der Waals surface area contributed by atoms with Crippen molar-refractivity contribution in [3.8, 4) is 0 Å². The van der Waals surface area contributed by atoms with Crippen molar-refractivity contribution in [1.82, 2.24) is 24.9 Å². The summed E-state index contributed by atoms with van der Waals surface area (Å²) in [6, 6.07) is 10.6. The molecule has 3 heterocycles. The molecule has 49 heavy (non-hydrogen) atoms. The first-order chi connectivity index (χ1) is 23.0. The molecule has 2 aromatic heterocycles. The first kappa shape index (κ1) is 34.7. The Labute approximate surface area is 285 Å². The maximum atomic E-state index is 12.9. The lowest BCUT2D eigenvalue weighted by Gasteiger charge is -2.31. The fourth-order valence-corrected chi connectivity index (χ4v) is 6.32. The third kappa shape index (κ3) is 6.33. The Bertz CT molecular complexity index is 2190. The highest BCUT2D eigenvalue weighted by molar-refractivity contribution is 5.96. The second-order valence-corrected chi connectivity index (χ2v) is 11.6. The summed E-state index contributed by atoms with van der Waals surface area (Å²) in [5, 5.41) is 16.1. The molecule has 1 amide bonds. The Morgan fingerprint density at radius 2 is 1.86 bits per heavy atom. The summed E-state index contributed by atoms with van der Waals surface area (Å²) in [5.41, 5.74) is 17.2. The van der Waals surface area contributed by atoms with Crippen molar-refractivity contribution in [2.45, 2.75) is 45.3 Å². The number of aromatic nitrogens is 4. The van der Waals surface area contributed by atoms with Gasteiger partial charge in [0, 0.05) is 25.7 Å². The number of hydrogen-bond donors (Lipinski definition) is 4. The molecule has 15 nitrogen and oxygen atoms in total. The van der Waals surface area contributed by atoms with Crippen LogP contribution in [0.4, 0.5) is 11.4 Å². The highest BCUT2D eigenvalue weighted by Crippen LogP contribution is 2.35. The summed E-state index contributed by atoms with van der Waals surface area (Å²) in [4.78, 5) is 68.5.